The summed E-state index contributed by atoms with van der Waals surface area (Å²) in [5.41, 5.74) is 0.804. The van der Waals surface area contributed by atoms with Crippen LogP contribution >= 0.6 is 18.1 Å². The summed E-state index contributed by atoms with van der Waals surface area (Å²) < 4.78 is 16.6. The van der Waals surface area contributed by atoms with Crippen molar-refractivity contribution in [2.75, 3.05) is 26.1 Å². The monoisotopic (exact) mass is 586 g/mol. The summed E-state index contributed by atoms with van der Waals surface area (Å²) >= 11 is 0. The Morgan fingerprint density at radius 3 is 2.36 bits per heavy atom. The molecule has 6 atom stereocenters. The van der Waals surface area contributed by atoms with Gasteiger partial charge in [0.2, 0.25) is 0 Å². The van der Waals surface area contributed by atoms with E-state index in [4.69, 9.17) is 24.2 Å². The van der Waals surface area contributed by atoms with Gasteiger partial charge in [-0.05, 0) is 24.3 Å². The molecule has 0 amide bonds. The third kappa shape index (κ3) is 9.23. The molecule has 0 radical (unpaired) electrons. The summed E-state index contributed by atoms with van der Waals surface area (Å²) in [6.07, 6.45) is -2.16. The number of pyridine rings is 1. The molecule has 3 heterocycles. The number of hydrogen-bond acceptors (Lipinski definition) is 12. The van der Waals surface area contributed by atoms with Crippen LogP contribution in [0, 0.1) is 0 Å². The Morgan fingerprint density at radius 1 is 1.03 bits per heavy atom. The zero-order valence-electron chi connectivity index (χ0n) is 21.1. The smallest absolute Gasteiger partial charge is 0.333 e. The number of benzene rings is 1. The predicted octanol–water partition coefficient (Wildman–Crippen LogP) is 0.0756. The molecular formula is C23H32N4O10P2. The van der Waals surface area contributed by atoms with Crippen LogP contribution in [0.5, 0.6) is 0 Å². The number of nitrogens with one attached hydrogen (secondary N) is 1. The van der Waals surface area contributed by atoms with Gasteiger partial charge in [0, 0.05) is 44.1 Å². The largest absolute Gasteiger partial charge is 0.400 e. The van der Waals surface area contributed by atoms with Gasteiger partial charge in [-0.2, -0.15) is 0 Å². The van der Waals surface area contributed by atoms with Gasteiger partial charge >= 0.3 is 5.69 Å². The fraction of sp³-hybridized carbons (Fsp3) is 0.348. The van der Waals surface area contributed by atoms with Crippen molar-refractivity contribution in [3.8, 4) is 0 Å². The SMILES string of the molecule is CO.COPO.O=c1ccn(C2OC(COPO)C(O)C2O)c(=O)n1Cc1cc(Nc2ccccc2)ccn1. The van der Waals surface area contributed by atoms with Crippen LogP contribution < -0.4 is 16.6 Å². The van der Waals surface area contributed by atoms with Gasteiger partial charge in [0.25, 0.3) is 5.56 Å². The molecule has 14 nitrogen and oxygen atoms in total. The van der Waals surface area contributed by atoms with Crippen molar-refractivity contribution in [1.29, 1.82) is 0 Å². The van der Waals surface area contributed by atoms with Crippen LogP contribution in [0.15, 0.2) is 70.5 Å². The number of hydrogen-bond donors (Lipinski definition) is 6. The molecule has 2 aromatic heterocycles. The molecule has 6 unspecified atom stereocenters. The Labute approximate surface area is 227 Å². The van der Waals surface area contributed by atoms with Crippen LogP contribution in [-0.2, 0) is 20.3 Å². The molecule has 0 spiro atoms. The zero-order chi connectivity index (χ0) is 28.8. The van der Waals surface area contributed by atoms with E-state index in [1.807, 2.05) is 30.3 Å². The number of aliphatic hydroxyl groups is 3. The van der Waals surface area contributed by atoms with Gasteiger partial charge in [-0.25, -0.2) is 4.79 Å². The van der Waals surface area contributed by atoms with Gasteiger partial charge in [-0.3, -0.25) is 18.9 Å². The van der Waals surface area contributed by atoms with E-state index in [-0.39, 0.29) is 22.2 Å². The van der Waals surface area contributed by atoms with Gasteiger partial charge in [0.15, 0.2) is 24.3 Å². The van der Waals surface area contributed by atoms with Gasteiger partial charge < -0.3 is 44.2 Å². The first-order valence-corrected chi connectivity index (χ1v) is 13.1. The van der Waals surface area contributed by atoms with E-state index in [1.165, 1.54) is 19.4 Å². The Hall–Kier alpha value is -2.61. The van der Waals surface area contributed by atoms with E-state index in [9.17, 15) is 19.8 Å². The van der Waals surface area contributed by atoms with Crippen molar-refractivity contribution in [3.63, 3.8) is 0 Å². The predicted molar refractivity (Wildman–Crippen MR) is 146 cm³/mol. The Bertz CT molecular complexity index is 1250. The number of ether oxygens (including phenoxy) is 1. The summed E-state index contributed by atoms with van der Waals surface area (Å²) in [4.78, 5) is 46.3. The van der Waals surface area contributed by atoms with Crippen molar-refractivity contribution in [1.82, 2.24) is 14.1 Å². The lowest BCUT2D eigenvalue weighted by Gasteiger charge is -2.18. The number of aromatic nitrogens is 3. The van der Waals surface area contributed by atoms with Crippen LogP contribution in [0.3, 0.4) is 0 Å². The first kappa shape index (κ1) is 32.6. The molecule has 0 aliphatic carbocycles. The zero-order valence-corrected chi connectivity index (χ0v) is 23.1. The minimum atomic E-state index is -1.43. The van der Waals surface area contributed by atoms with Crippen LogP contribution in [0.1, 0.15) is 11.9 Å². The highest BCUT2D eigenvalue weighted by Crippen LogP contribution is 2.29. The number of nitrogens with zero attached hydrogens (tertiary/aromatic N) is 3. The summed E-state index contributed by atoms with van der Waals surface area (Å²) in [5, 5.41) is 30.8. The quantitative estimate of drug-likeness (QED) is 0.185. The van der Waals surface area contributed by atoms with Gasteiger partial charge in [0.05, 0.1) is 18.8 Å². The second kappa shape index (κ2) is 17.2. The topological polar surface area (TPSA) is 198 Å². The molecule has 0 bridgehead atoms. The maximum absolute atomic E-state index is 13.1. The van der Waals surface area contributed by atoms with E-state index in [0.29, 0.717) is 5.69 Å². The molecule has 0 saturated carbocycles. The van der Waals surface area contributed by atoms with E-state index < -0.39 is 44.8 Å². The number of para-hydroxylation sites is 1. The Balaban J connectivity index is 0.000000815. The van der Waals surface area contributed by atoms with Gasteiger partial charge in [0.1, 0.15) is 18.3 Å². The summed E-state index contributed by atoms with van der Waals surface area (Å²) in [6.45, 7) is -0.268. The van der Waals surface area contributed by atoms with Crippen molar-refractivity contribution >= 4 is 29.4 Å². The minimum Gasteiger partial charge on any atom is -0.400 e. The van der Waals surface area contributed by atoms with E-state index in [1.54, 1.807) is 18.3 Å². The standard InChI is InChI=1S/C21H23N4O7P.CH5O2P.CH4O/c26-17-7-9-24(20-19(28)18(27)16(32-20)12-31-33-30)21(29)25(17)11-15-10-14(6-8-22-15)23-13-4-2-1-3-5-13;1-3-4-2;1-2/h1-10,16,18-20,27-28,30,33H,11-12H2,(H,22,23);2,4H,1H3;2H,1H3. The molecule has 1 saturated heterocycles. The van der Waals surface area contributed by atoms with Crippen LogP contribution in [-0.4, -0.2) is 78.4 Å². The highest BCUT2D eigenvalue weighted by Gasteiger charge is 2.44. The lowest BCUT2D eigenvalue weighted by Crippen LogP contribution is -2.43. The molecule has 214 valence electrons. The molecule has 1 aliphatic heterocycles. The average molecular weight is 586 g/mol. The van der Waals surface area contributed by atoms with Crippen molar-refractivity contribution in [2.45, 2.75) is 31.1 Å². The lowest BCUT2D eigenvalue weighted by atomic mass is 10.1. The fourth-order valence-corrected chi connectivity index (χ4v) is 3.82. The van der Waals surface area contributed by atoms with Crippen LogP contribution in [0.4, 0.5) is 11.4 Å². The van der Waals surface area contributed by atoms with Gasteiger partial charge in [-0.15, -0.1) is 0 Å². The normalized spacial score (nSPS) is 20.5. The molecule has 16 heteroatoms. The second-order valence-corrected chi connectivity index (χ2v) is 8.76. The first-order valence-electron chi connectivity index (χ1n) is 11.4. The lowest BCUT2D eigenvalue weighted by molar-refractivity contribution is -0.0514. The molecule has 1 aromatic carbocycles. The van der Waals surface area contributed by atoms with Crippen molar-refractivity contribution in [3.05, 3.63) is 87.5 Å². The Kier molecular flexibility index (Phi) is 14.3. The average Bonchev–Trinajstić information content (AvgIpc) is 3.24. The molecule has 3 aromatic rings. The highest BCUT2D eigenvalue weighted by atomic mass is 31.1. The number of anilines is 2. The fourth-order valence-electron chi connectivity index (χ4n) is 3.58. The minimum absolute atomic E-state index is 0.105. The molecule has 1 aliphatic rings. The first-order chi connectivity index (χ1) is 18.9. The van der Waals surface area contributed by atoms with E-state index in [0.717, 1.165) is 27.6 Å². The van der Waals surface area contributed by atoms with Crippen LogP contribution in [0.2, 0.25) is 0 Å². The number of rotatable bonds is 9. The second-order valence-electron chi connectivity index (χ2n) is 7.70. The summed E-state index contributed by atoms with van der Waals surface area (Å²) in [5.74, 6) is 0. The maximum atomic E-state index is 13.1. The van der Waals surface area contributed by atoms with E-state index >= 15 is 0 Å². The molecule has 39 heavy (non-hydrogen) atoms. The number of aliphatic hydroxyl groups excluding tert-OH is 3. The van der Waals surface area contributed by atoms with E-state index in [2.05, 4.69) is 14.8 Å². The molecule has 1 fully saturated rings. The summed E-state index contributed by atoms with van der Waals surface area (Å²) in [7, 11) is 1.28. The molecule has 6 N–H and O–H groups in total. The van der Waals surface area contributed by atoms with Gasteiger partial charge in [-0.1, -0.05) is 18.2 Å². The van der Waals surface area contributed by atoms with Crippen molar-refractivity contribution in [2.24, 2.45) is 0 Å². The maximum Gasteiger partial charge on any atom is 0.333 e. The Morgan fingerprint density at radius 2 is 1.72 bits per heavy atom. The molecular weight excluding hydrogens is 554 g/mol. The van der Waals surface area contributed by atoms with Crippen molar-refractivity contribution < 1.29 is 38.9 Å². The summed E-state index contributed by atoms with van der Waals surface area (Å²) in [6, 6.07) is 14.2. The highest BCUT2D eigenvalue weighted by molar-refractivity contribution is 7.25. The third-order valence-corrected chi connectivity index (χ3v) is 5.79. The third-order valence-electron chi connectivity index (χ3n) is 5.31. The van der Waals surface area contributed by atoms with Crippen LogP contribution in [0.25, 0.3) is 0 Å². The molecule has 4 rings (SSSR count).